The smallest absolute Gasteiger partial charge is 0.289 e. The van der Waals surface area contributed by atoms with Crippen molar-refractivity contribution >= 4 is 15.7 Å². The summed E-state index contributed by atoms with van der Waals surface area (Å²) in [6.45, 7) is 3.29. The maximum Gasteiger partial charge on any atom is 0.289 e. The van der Waals surface area contributed by atoms with E-state index in [4.69, 9.17) is 4.74 Å². The van der Waals surface area contributed by atoms with E-state index in [2.05, 4.69) is 10.0 Å². The Hall–Kier alpha value is -1.55. The number of hydrogen-bond donors (Lipinski definition) is 2. The van der Waals surface area contributed by atoms with Gasteiger partial charge in [-0.2, -0.15) is 0 Å². The number of ether oxygens (including phenoxy) is 1. The van der Waals surface area contributed by atoms with Gasteiger partial charge in [0.25, 0.3) is 5.69 Å². The molecule has 116 valence electrons. The van der Waals surface area contributed by atoms with Gasteiger partial charge >= 0.3 is 0 Å². The summed E-state index contributed by atoms with van der Waals surface area (Å²) in [5, 5.41) is 14.1. The number of morpholine rings is 1. The van der Waals surface area contributed by atoms with Crippen LogP contribution in [0, 0.1) is 17.0 Å². The number of nitrogens with zero attached hydrogens (tertiary/aromatic N) is 1. The van der Waals surface area contributed by atoms with E-state index in [0.717, 1.165) is 0 Å². The Balaban J connectivity index is 2.21. The predicted octanol–water partition coefficient (Wildman–Crippen LogP) is 0.170. The van der Waals surface area contributed by atoms with E-state index in [-0.39, 0.29) is 17.5 Å². The van der Waals surface area contributed by atoms with Gasteiger partial charge in [0, 0.05) is 25.2 Å². The molecule has 1 aromatic carbocycles. The average Bonchev–Trinajstić information content (AvgIpc) is 2.46. The molecule has 0 radical (unpaired) electrons. The van der Waals surface area contributed by atoms with Crippen molar-refractivity contribution in [1.82, 2.24) is 10.0 Å². The highest BCUT2D eigenvalue weighted by Crippen LogP contribution is 2.26. The van der Waals surface area contributed by atoms with Crippen molar-refractivity contribution in [2.75, 3.05) is 26.3 Å². The average molecular weight is 315 g/mol. The Morgan fingerprint density at radius 3 is 2.90 bits per heavy atom. The van der Waals surface area contributed by atoms with Crippen LogP contribution in [-0.4, -0.2) is 45.7 Å². The molecule has 1 atom stereocenters. The number of sulfonamides is 1. The van der Waals surface area contributed by atoms with Gasteiger partial charge in [0.05, 0.1) is 18.1 Å². The lowest BCUT2D eigenvalue weighted by atomic mass is 10.2. The molecule has 0 aliphatic carbocycles. The Bertz CT molecular complexity index is 626. The van der Waals surface area contributed by atoms with Crippen LogP contribution >= 0.6 is 0 Å². The van der Waals surface area contributed by atoms with Crippen molar-refractivity contribution in [3.63, 3.8) is 0 Å². The third-order valence-corrected chi connectivity index (χ3v) is 4.79. The second-order valence-corrected chi connectivity index (χ2v) is 6.46. The first-order valence-corrected chi connectivity index (χ1v) is 7.95. The third-order valence-electron chi connectivity index (χ3n) is 3.17. The zero-order valence-electron chi connectivity index (χ0n) is 11.5. The van der Waals surface area contributed by atoms with Gasteiger partial charge < -0.3 is 10.1 Å². The van der Waals surface area contributed by atoms with E-state index in [0.29, 0.717) is 25.3 Å². The van der Waals surface area contributed by atoms with Gasteiger partial charge in [-0.1, -0.05) is 12.1 Å². The van der Waals surface area contributed by atoms with Crippen molar-refractivity contribution in [3.8, 4) is 0 Å². The standard InChI is InChI=1S/C12H17N3O5S/c1-9-3-2-4-11(15(16)17)12(9)21(18,19)14-7-10-8-20-6-5-13-10/h2-4,10,13-14H,5-8H2,1H3. The van der Waals surface area contributed by atoms with Crippen molar-refractivity contribution in [2.24, 2.45) is 0 Å². The monoisotopic (exact) mass is 315 g/mol. The number of hydrogen-bond acceptors (Lipinski definition) is 6. The summed E-state index contributed by atoms with van der Waals surface area (Å²) < 4.78 is 32.3. The fourth-order valence-electron chi connectivity index (χ4n) is 2.16. The quantitative estimate of drug-likeness (QED) is 0.592. The summed E-state index contributed by atoms with van der Waals surface area (Å²) in [4.78, 5) is 10.0. The van der Waals surface area contributed by atoms with E-state index in [9.17, 15) is 18.5 Å². The normalized spacial score (nSPS) is 19.4. The summed E-state index contributed by atoms with van der Waals surface area (Å²) in [5.74, 6) is 0. The number of nitrogens with one attached hydrogen (secondary N) is 2. The number of rotatable bonds is 5. The lowest BCUT2D eigenvalue weighted by Gasteiger charge is -2.24. The number of nitro benzene ring substituents is 1. The first-order valence-electron chi connectivity index (χ1n) is 6.46. The van der Waals surface area contributed by atoms with E-state index in [1.165, 1.54) is 25.1 Å². The molecule has 1 heterocycles. The molecule has 1 aliphatic rings. The Morgan fingerprint density at radius 2 is 2.29 bits per heavy atom. The second kappa shape index (κ2) is 6.48. The lowest BCUT2D eigenvalue weighted by Crippen LogP contribution is -2.48. The molecular weight excluding hydrogens is 298 g/mol. The minimum atomic E-state index is -3.95. The molecule has 1 aromatic rings. The van der Waals surface area contributed by atoms with Crippen LogP contribution in [0.4, 0.5) is 5.69 Å². The molecule has 0 spiro atoms. The predicted molar refractivity (Wildman–Crippen MR) is 75.6 cm³/mol. The highest BCUT2D eigenvalue weighted by Gasteiger charge is 2.28. The van der Waals surface area contributed by atoms with Crippen LogP contribution in [0.1, 0.15) is 5.56 Å². The van der Waals surface area contributed by atoms with Gasteiger partial charge in [0.2, 0.25) is 10.0 Å². The largest absolute Gasteiger partial charge is 0.378 e. The molecule has 0 saturated carbocycles. The van der Waals surface area contributed by atoms with Gasteiger partial charge in [-0.15, -0.1) is 0 Å². The summed E-state index contributed by atoms with van der Waals surface area (Å²) >= 11 is 0. The van der Waals surface area contributed by atoms with Crippen LogP contribution in [0.25, 0.3) is 0 Å². The maximum atomic E-state index is 12.3. The third kappa shape index (κ3) is 3.76. The fraction of sp³-hybridized carbons (Fsp3) is 0.500. The Labute approximate surface area is 122 Å². The van der Waals surface area contributed by atoms with Crippen LogP contribution in [0.5, 0.6) is 0 Å². The second-order valence-electron chi connectivity index (χ2n) is 4.76. The van der Waals surface area contributed by atoms with Crippen molar-refractivity contribution in [2.45, 2.75) is 17.9 Å². The molecule has 9 heteroatoms. The minimum Gasteiger partial charge on any atom is -0.378 e. The van der Waals surface area contributed by atoms with E-state index in [1.54, 1.807) is 0 Å². The molecule has 1 saturated heterocycles. The van der Waals surface area contributed by atoms with Crippen LogP contribution in [-0.2, 0) is 14.8 Å². The summed E-state index contributed by atoms with van der Waals surface area (Å²) in [6, 6.07) is 4.03. The van der Waals surface area contributed by atoms with Crippen molar-refractivity contribution in [3.05, 3.63) is 33.9 Å². The molecule has 1 fully saturated rings. The fourth-order valence-corrected chi connectivity index (χ4v) is 3.64. The van der Waals surface area contributed by atoms with E-state index in [1.807, 2.05) is 0 Å². The first kappa shape index (κ1) is 15.8. The molecule has 2 rings (SSSR count). The van der Waals surface area contributed by atoms with Crippen LogP contribution in [0.3, 0.4) is 0 Å². The molecule has 21 heavy (non-hydrogen) atoms. The molecule has 0 amide bonds. The molecule has 0 aromatic heterocycles. The highest BCUT2D eigenvalue weighted by molar-refractivity contribution is 7.89. The van der Waals surface area contributed by atoms with E-state index < -0.39 is 20.6 Å². The first-order chi connectivity index (χ1) is 9.92. The van der Waals surface area contributed by atoms with Crippen LogP contribution in [0.2, 0.25) is 0 Å². The van der Waals surface area contributed by atoms with E-state index >= 15 is 0 Å². The molecule has 8 nitrogen and oxygen atoms in total. The lowest BCUT2D eigenvalue weighted by molar-refractivity contribution is -0.387. The number of benzene rings is 1. The Morgan fingerprint density at radius 1 is 1.52 bits per heavy atom. The SMILES string of the molecule is Cc1cccc([N+](=O)[O-])c1S(=O)(=O)NCC1COCCN1. The number of aryl methyl sites for hydroxylation is 1. The molecule has 1 unspecified atom stereocenters. The number of nitro groups is 1. The maximum absolute atomic E-state index is 12.3. The summed E-state index contributed by atoms with van der Waals surface area (Å²) in [7, 11) is -3.95. The molecule has 1 aliphatic heterocycles. The van der Waals surface area contributed by atoms with Gasteiger partial charge in [-0.3, -0.25) is 10.1 Å². The summed E-state index contributed by atoms with van der Waals surface area (Å²) in [6.07, 6.45) is 0. The zero-order chi connectivity index (χ0) is 15.5. The molecular formula is C12H17N3O5S. The van der Waals surface area contributed by atoms with Gasteiger partial charge in [0.15, 0.2) is 4.90 Å². The Kier molecular flexibility index (Phi) is 4.88. The summed E-state index contributed by atoms with van der Waals surface area (Å²) in [5.41, 5.74) is -0.0834. The minimum absolute atomic E-state index is 0.119. The van der Waals surface area contributed by atoms with Crippen LogP contribution < -0.4 is 10.0 Å². The van der Waals surface area contributed by atoms with Crippen LogP contribution in [0.15, 0.2) is 23.1 Å². The molecule has 2 N–H and O–H groups in total. The van der Waals surface area contributed by atoms with Crippen molar-refractivity contribution < 1.29 is 18.1 Å². The zero-order valence-corrected chi connectivity index (χ0v) is 12.4. The van der Waals surface area contributed by atoms with Gasteiger partial charge in [-0.25, -0.2) is 13.1 Å². The van der Waals surface area contributed by atoms with Gasteiger partial charge in [0.1, 0.15) is 0 Å². The van der Waals surface area contributed by atoms with Gasteiger partial charge in [-0.05, 0) is 12.5 Å². The molecule has 0 bridgehead atoms. The topological polar surface area (TPSA) is 111 Å². The van der Waals surface area contributed by atoms with Crippen molar-refractivity contribution in [1.29, 1.82) is 0 Å². The highest BCUT2D eigenvalue weighted by atomic mass is 32.2.